The molecule has 0 aliphatic heterocycles. The number of benzene rings is 2. The number of rotatable bonds is 5. The molecule has 0 saturated heterocycles. The Labute approximate surface area is 175 Å². The Hall–Kier alpha value is -3.55. The van der Waals surface area contributed by atoms with Crippen molar-refractivity contribution in [3.8, 4) is 11.5 Å². The Bertz CT molecular complexity index is 917. The van der Waals surface area contributed by atoms with Gasteiger partial charge in [-0.2, -0.15) is 0 Å². The van der Waals surface area contributed by atoms with E-state index >= 15 is 0 Å². The molecule has 0 saturated carbocycles. The van der Waals surface area contributed by atoms with E-state index in [4.69, 9.17) is 9.47 Å². The maximum absolute atomic E-state index is 12.0. The average Bonchev–Trinajstić information content (AvgIpc) is 2.70. The monoisotopic (exact) mass is 413 g/mol. The van der Waals surface area contributed by atoms with E-state index in [1.807, 2.05) is 30.5 Å². The maximum Gasteiger partial charge on any atom is 0.328 e. The largest absolute Gasteiger partial charge is 0.495 e. The summed E-state index contributed by atoms with van der Waals surface area (Å²) in [6, 6.07) is 12.6. The SMILES string of the molecule is COc1ccc(C)cc1NC(=O)C(=O)NNC(=O)COc1ccc(C(C)(C)C)cc1. The molecule has 2 aromatic carbocycles. The van der Waals surface area contributed by atoms with Gasteiger partial charge in [-0.15, -0.1) is 0 Å². The lowest BCUT2D eigenvalue weighted by Gasteiger charge is -2.19. The van der Waals surface area contributed by atoms with E-state index in [2.05, 4.69) is 31.5 Å². The van der Waals surface area contributed by atoms with Crippen molar-refractivity contribution in [2.24, 2.45) is 0 Å². The van der Waals surface area contributed by atoms with Crippen molar-refractivity contribution in [2.75, 3.05) is 19.0 Å². The van der Waals surface area contributed by atoms with Crippen LogP contribution in [0.2, 0.25) is 0 Å². The van der Waals surface area contributed by atoms with Gasteiger partial charge in [-0.1, -0.05) is 39.0 Å². The first-order chi connectivity index (χ1) is 14.1. The van der Waals surface area contributed by atoms with Gasteiger partial charge in [-0.05, 0) is 47.7 Å². The molecule has 3 amide bonds. The first-order valence-electron chi connectivity index (χ1n) is 9.38. The van der Waals surface area contributed by atoms with Crippen LogP contribution in [0.15, 0.2) is 42.5 Å². The molecule has 2 aromatic rings. The molecule has 0 unspecified atom stereocenters. The number of carbonyl (C=O) groups is 3. The molecule has 0 bridgehead atoms. The second kappa shape index (κ2) is 9.78. The molecule has 3 N–H and O–H groups in total. The highest BCUT2D eigenvalue weighted by atomic mass is 16.5. The third-order valence-corrected chi connectivity index (χ3v) is 4.22. The summed E-state index contributed by atoms with van der Waals surface area (Å²) in [5, 5.41) is 2.44. The number of hydrogen-bond donors (Lipinski definition) is 3. The number of amides is 3. The third kappa shape index (κ3) is 6.51. The van der Waals surface area contributed by atoms with E-state index in [0.29, 0.717) is 17.2 Å². The Morgan fingerprint density at radius 3 is 2.20 bits per heavy atom. The van der Waals surface area contributed by atoms with Gasteiger partial charge >= 0.3 is 11.8 Å². The molecule has 0 fully saturated rings. The summed E-state index contributed by atoms with van der Waals surface area (Å²) < 4.78 is 10.5. The van der Waals surface area contributed by atoms with Crippen molar-refractivity contribution in [3.63, 3.8) is 0 Å². The molecule has 8 nitrogen and oxygen atoms in total. The summed E-state index contributed by atoms with van der Waals surface area (Å²) in [6.45, 7) is 7.83. The summed E-state index contributed by atoms with van der Waals surface area (Å²) in [6.07, 6.45) is 0. The number of hydrazine groups is 1. The number of carbonyl (C=O) groups excluding carboxylic acids is 3. The van der Waals surface area contributed by atoms with Crippen molar-refractivity contribution in [2.45, 2.75) is 33.1 Å². The molecule has 0 aliphatic rings. The summed E-state index contributed by atoms with van der Waals surface area (Å²) in [7, 11) is 1.46. The molecule has 0 atom stereocenters. The lowest BCUT2D eigenvalue weighted by atomic mass is 9.87. The zero-order valence-electron chi connectivity index (χ0n) is 17.8. The average molecular weight is 413 g/mol. The van der Waals surface area contributed by atoms with Crippen LogP contribution < -0.4 is 25.6 Å². The molecule has 0 aromatic heterocycles. The predicted molar refractivity (Wildman–Crippen MR) is 113 cm³/mol. The summed E-state index contributed by atoms with van der Waals surface area (Å²) in [5.41, 5.74) is 6.58. The number of ether oxygens (including phenoxy) is 2. The lowest BCUT2D eigenvalue weighted by molar-refractivity contribution is -0.138. The van der Waals surface area contributed by atoms with Crippen LogP contribution in [-0.2, 0) is 19.8 Å². The summed E-state index contributed by atoms with van der Waals surface area (Å²) in [4.78, 5) is 35.8. The van der Waals surface area contributed by atoms with Crippen molar-refractivity contribution < 1.29 is 23.9 Å². The minimum Gasteiger partial charge on any atom is -0.495 e. The zero-order chi connectivity index (χ0) is 22.3. The molecular weight excluding hydrogens is 386 g/mol. The Morgan fingerprint density at radius 2 is 1.60 bits per heavy atom. The van der Waals surface area contributed by atoms with Crippen LogP contribution in [0.3, 0.4) is 0 Å². The second-order valence-electron chi connectivity index (χ2n) is 7.72. The molecule has 0 spiro atoms. The smallest absolute Gasteiger partial charge is 0.328 e. The number of methoxy groups -OCH3 is 1. The van der Waals surface area contributed by atoms with Crippen molar-refractivity contribution in [1.82, 2.24) is 10.9 Å². The Morgan fingerprint density at radius 1 is 0.933 bits per heavy atom. The van der Waals surface area contributed by atoms with Crippen LogP contribution >= 0.6 is 0 Å². The zero-order valence-corrected chi connectivity index (χ0v) is 17.8. The van der Waals surface area contributed by atoms with Gasteiger partial charge in [0.05, 0.1) is 12.8 Å². The normalized spacial score (nSPS) is 10.7. The summed E-state index contributed by atoms with van der Waals surface area (Å²) >= 11 is 0. The first-order valence-corrected chi connectivity index (χ1v) is 9.38. The molecular formula is C22H27N3O5. The minimum absolute atomic E-state index is 0.0171. The molecule has 160 valence electrons. The Balaban J connectivity index is 1.81. The highest BCUT2D eigenvalue weighted by Gasteiger charge is 2.17. The highest BCUT2D eigenvalue weighted by molar-refractivity contribution is 6.39. The van der Waals surface area contributed by atoms with Crippen LogP contribution in [0.4, 0.5) is 5.69 Å². The van der Waals surface area contributed by atoms with Gasteiger partial charge in [-0.3, -0.25) is 25.2 Å². The van der Waals surface area contributed by atoms with Crippen LogP contribution in [0.1, 0.15) is 31.9 Å². The van der Waals surface area contributed by atoms with Crippen LogP contribution in [0, 0.1) is 6.92 Å². The molecule has 0 heterocycles. The van der Waals surface area contributed by atoms with Gasteiger partial charge in [0.15, 0.2) is 6.61 Å². The fourth-order valence-electron chi connectivity index (χ4n) is 2.52. The van der Waals surface area contributed by atoms with Crippen molar-refractivity contribution in [3.05, 3.63) is 53.6 Å². The van der Waals surface area contributed by atoms with E-state index in [-0.39, 0.29) is 12.0 Å². The number of anilines is 1. The van der Waals surface area contributed by atoms with Crippen molar-refractivity contribution in [1.29, 1.82) is 0 Å². The van der Waals surface area contributed by atoms with Crippen molar-refractivity contribution >= 4 is 23.4 Å². The van der Waals surface area contributed by atoms with E-state index in [1.54, 1.807) is 24.3 Å². The molecule has 2 rings (SSSR count). The Kier molecular flexibility index (Phi) is 7.41. The maximum atomic E-state index is 12.0. The fourth-order valence-corrected chi connectivity index (χ4v) is 2.52. The molecule has 30 heavy (non-hydrogen) atoms. The lowest BCUT2D eigenvalue weighted by Crippen LogP contribution is -2.48. The van der Waals surface area contributed by atoms with Gasteiger partial charge in [-0.25, -0.2) is 0 Å². The highest BCUT2D eigenvalue weighted by Crippen LogP contribution is 2.25. The van der Waals surface area contributed by atoms with Crippen LogP contribution in [-0.4, -0.2) is 31.4 Å². The fraction of sp³-hybridized carbons (Fsp3) is 0.318. The third-order valence-electron chi connectivity index (χ3n) is 4.22. The molecule has 8 heteroatoms. The van der Waals surface area contributed by atoms with Gasteiger partial charge in [0.1, 0.15) is 11.5 Å². The quantitative estimate of drug-likeness (QED) is 0.516. The first kappa shape index (κ1) is 22.7. The molecule has 0 radical (unpaired) electrons. The van der Waals surface area contributed by atoms with Crippen LogP contribution in [0.5, 0.6) is 11.5 Å². The van der Waals surface area contributed by atoms with Gasteiger partial charge < -0.3 is 14.8 Å². The standard InChI is InChI=1S/C22H27N3O5/c1-14-6-11-18(29-5)17(12-14)23-20(27)21(28)25-24-19(26)13-30-16-9-7-15(8-10-16)22(2,3)4/h6-12H,13H2,1-5H3,(H,23,27)(H,24,26)(H,25,28). The number of aryl methyl sites for hydroxylation is 1. The summed E-state index contributed by atoms with van der Waals surface area (Å²) in [5.74, 6) is -1.64. The minimum atomic E-state index is -1.03. The number of hydrogen-bond acceptors (Lipinski definition) is 5. The topological polar surface area (TPSA) is 106 Å². The van der Waals surface area contributed by atoms with E-state index in [0.717, 1.165) is 11.1 Å². The van der Waals surface area contributed by atoms with Gasteiger partial charge in [0.2, 0.25) is 0 Å². The van der Waals surface area contributed by atoms with Gasteiger partial charge in [0, 0.05) is 0 Å². The van der Waals surface area contributed by atoms with Crippen LogP contribution in [0.25, 0.3) is 0 Å². The number of nitrogens with one attached hydrogen (secondary N) is 3. The molecule has 0 aliphatic carbocycles. The van der Waals surface area contributed by atoms with E-state index in [9.17, 15) is 14.4 Å². The van der Waals surface area contributed by atoms with E-state index < -0.39 is 17.7 Å². The predicted octanol–water partition coefficient (Wildman–Crippen LogP) is 2.47. The second-order valence-corrected chi connectivity index (χ2v) is 7.72. The van der Waals surface area contributed by atoms with E-state index in [1.165, 1.54) is 7.11 Å². The van der Waals surface area contributed by atoms with Gasteiger partial charge in [0.25, 0.3) is 5.91 Å².